The summed E-state index contributed by atoms with van der Waals surface area (Å²) in [6.07, 6.45) is -2.23. The fourth-order valence-corrected chi connectivity index (χ4v) is 1.73. The number of alkyl halides is 3. The average Bonchev–Trinajstić information content (AvgIpc) is 2.39. The molecule has 0 atom stereocenters. The minimum Gasteiger partial charge on any atom is -0.382 e. The third-order valence-electron chi connectivity index (χ3n) is 2.42. The van der Waals surface area contributed by atoms with Crippen LogP contribution in [0.5, 0.6) is 0 Å². The molecular formula is C12H8ClF3N4O. The summed E-state index contributed by atoms with van der Waals surface area (Å²) in [6.45, 7) is 0. The van der Waals surface area contributed by atoms with Gasteiger partial charge in [0.25, 0.3) is 5.91 Å². The van der Waals surface area contributed by atoms with Crippen molar-refractivity contribution >= 4 is 29.0 Å². The second-order valence-electron chi connectivity index (χ2n) is 3.98. The summed E-state index contributed by atoms with van der Waals surface area (Å²) in [7, 11) is 0. The number of carbonyl (C=O) groups is 1. The first-order valence-corrected chi connectivity index (χ1v) is 5.91. The third kappa shape index (κ3) is 3.60. The van der Waals surface area contributed by atoms with Crippen molar-refractivity contribution in [3.63, 3.8) is 0 Å². The molecule has 1 heterocycles. The molecule has 0 fully saturated rings. The smallest absolute Gasteiger partial charge is 0.382 e. The summed E-state index contributed by atoms with van der Waals surface area (Å²) < 4.78 is 38.1. The van der Waals surface area contributed by atoms with Crippen LogP contribution in [0.4, 0.5) is 24.7 Å². The molecule has 1 amide bonds. The van der Waals surface area contributed by atoms with Gasteiger partial charge in [-0.2, -0.15) is 13.2 Å². The van der Waals surface area contributed by atoms with E-state index < -0.39 is 22.7 Å². The number of hydrogen-bond donors (Lipinski definition) is 2. The maximum atomic E-state index is 12.7. The van der Waals surface area contributed by atoms with E-state index in [2.05, 4.69) is 15.3 Å². The molecule has 0 saturated heterocycles. The Balaban J connectivity index is 2.26. The van der Waals surface area contributed by atoms with Crippen LogP contribution in [-0.4, -0.2) is 15.9 Å². The molecule has 3 N–H and O–H groups in total. The first kappa shape index (κ1) is 15.0. The molecule has 0 saturated carbocycles. The van der Waals surface area contributed by atoms with Crippen molar-refractivity contribution in [1.29, 1.82) is 0 Å². The number of rotatable bonds is 2. The highest BCUT2D eigenvalue weighted by Crippen LogP contribution is 2.36. The van der Waals surface area contributed by atoms with Gasteiger partial charge in [0.2, 0.25) is 0 Å². The predicted molar refractivity (Wildman–Crippen MR) is 70.9 cm³/mol. The summed E-state index contributed by atoms with van der Waals surface area (Å²) in [4.78, 5) is 19.2. The van der Waals surface area contributed by atoms with Gasteiger partial charge in [-0.15, -0.1) is 0 Å². The van der Waals surface area contributed by atoms with Crippen LogP contribution < -0.4 is 11.1 Å². The average molecular weight is 317 g/mol. The number of hydrogen-bond acceptors (Lipinski definition) is 4. The highest BCUT2D eigenvalue weighted by Gasteiger charge is 2.33. The van der Waals surface area contributed by atoms with E-state index in [1.807, 2.05) is 0 Å². The van der Waals surface area contributed by atoms with Crippen LogP contribution in [0.3, 0.4) is 0 Å². The van der Waals surface area contributed by atoms with Gasteiger partial charge in [-0.25, -0.2) is 4.98 Å². The molecule has 9 heteroatoms. The summed E-state index contributed by atoms with van der Waals surface area (Å²) >= 11 is 5.48. The van der Waals surface area contributed by atoms with Gasteiger partial charge in [0.1, 0.15) is 11.5 Å². The Kier molecular flexibility index (Phi) is 3.99. The monoisotopic (exact) mass is 316 g/mol. The second kappa shape index (κ2) is 5.57. The van der Waals surface area contributed by atoms with Gasteiger partial charge < -0.3 is 11.1 Å². The van der Waals surface area contributed by atoms with E-state index in [1.165, 1.54) is 12.3 Å². The third-order valence-corrected chi connectivity index (χ3v) is 2.75. The van der Waals surface area contributed by atoms with Crippen LogP contribution in [0.1, 0.15) is 16.1 Å². The number of nitrogen functional groups attached to an aromatic ring is 1. The van der Waals surface area contributed by atoms with E-state index in [1.54, 1.807) is 0 Å². The number of amides is 1. The molecule has 0 radical (unpaired) electrons. The first-order chi connectivity index (χ1) is 9.77. The van der Waals surface area contributed by atoms with Crippen molar-refractivity contribution in [2.24, 2.45) is 0 Å². The van der Waals surface area contributed by atoms with Crippen molar-refractivity contribution in [2.45, 2.75) is 6.18 Å². The topological polar surface area (TPSA) is 80.9 Å². The zero-order valence-electron chi connectivity index (χ0n) is 10.3. The van der Waals surface area contributed by atoms with Gasteiger partial charge in [0.15, 0.2) is 0 Å². The lowest BCUT2D eigenvalue weighted by Gasteiger charge is -2.11. The van der Waals surface area contributed by atoms with E-state index in [0.29, 0.717) is 0 Å². The Morgan fingerprint density at radius 1 is 1.29 bits per heavy atom. The molecule has 0 aliphatic rings. The Labute approximate surface area is 122 Å². The summed E-state index contributed by atoms with van der Waals surface area (Å²) in [6, 6.07) is 3.03. The van der Waals surface area contributed by atoms with Crippen molar-refractivity contribution in [1.82, 2.24) is 9.97 Å². The molecule has 0 spiro atoms. The molecule has 110 valence electrons. The number of nitrogens with zero attached hydrogens (tertiary/aromatic N) is 2. The van der Waals surface area contributed by atoms with Crippen molar-refractivity contribution in [2.75, 3.05) is 11.1 Å². The highest BCUT2D eigenvalue weighted by atomic mass is 35.5. The molecule has 0 aliphatic heterocycles. The molecule has 0 bridgehead atoms. The lowest BCUT2D eigenvalue weighted by atomic mass is 10.2. The molecule has 1 aromatic heterocycles. The Morgan fingerprint density at radius 3 is 2.62 bits per heavy atom. The standard InChI is InChI=1S/C12H8ClF3N4O/c13-8-2-1-6(3-7(8)12(14,15)16)19-11(21)9-4-18-5-10(17)20-9/h1-5H,(H2,17,20)(H,19,21). The molecule has 2 rings (SSSR count). The van der Waals surface area contributed by atoms with E-state index in [-0.39, 0.29) is 17.2 Å². The molecule has 1 aromatic carbocycles. The zero-order chi connectivity index (χ0) is 15.6. The number of nitrogens with two attached hydrogens (primary N) is 1. The summed E-state index contributed by atoms with van der Waals surface area (Å²) in [5, 5.41) is 1.82. The van der Waals surface area contributed by atoms with Crippen LogP contribution >= 0.6 is 11.6 Å². The van der Waals surface area contributed by atoms with Gasteiger partial charge in [-0.1, -0.05) is 11.6 Å². The van der Waals surface area contributed by atoms with Crippen molar-refractivity contribution in [3.05, 3.63) is 46.9 Å². The van der Waals surface area contributed by atoms with E-state index in [0.717, 1.165) is 18.3 Å². The number of nitrogens with one attached hydrogen (secondary N) is 1. The summed E-state index contributed by atoms with van der Waals surface area (Å²) in [5.74, 6) is -0.708. The van der Waals surface area contributed by atoms with Crippen molar-refractivity contribution < 1.29 is 18.0 Å². The predicted octanol–water partition coefficient (Wildman–Crippen LogP) is 2.98. The van der Waals surface area contributed by atoms with Crippen LogP contribution in [-0.2, 0) is 6.18 Å². The maximum Gasteiger partial charge on any atom is 0.417 e. The zero-order valence-corrected chi connectivity index (χ0v) is 11.0. The first-order valence-electron chi connectivity index (χ1n) is 5.53. The number of carbonyl (C=O) groups excluding carboxylic acids is 1. The number of anilines is 2. The Morgan fingerprint density at radius 2 is 2.00 bits per heavy atom. The SMILES string of the molecule is Nc1cncc(C(=O)Nc2ccc(Cl)c(C(F)(F)F)c2)n1. The van der Waals surface area contributed by atoms with Gasteiger partial charge >= 0.3 is 6.18 Å². The van der Waals surface area contributed by atoms with Crippen LogP contribution in [0, 0.1) is 0 Å². The van der Waals surface area contributed by atoms with Gasteiger partial charge in [0.05, 0.1) is 23.0 Å². The fraction of sp³-hybridized carbons (Fsp3) is 0.0833. The second-order valence-corrected chi connectivity index (χ2v) is 4.38. The minimum atomic E-state index is -4.62. The van der Waals surface area contributed by atoms with E-state index in [4.69, 9.17) is 17.3 Å². The van der Waals surface area contributed by atoms with Gasteiger partial charge in [-0.05, 0) is 18.2 Å². The Hall–Kier alpha value is -2.35. The van der Waals surface area contributed by atoms with Crippen LogP contribution in [0.2, 0.25) is 5.02 Å². The lowest BCUT2D eigenvalue weighted by molar-refractivity contribution is -0.137. The quantitative estimate of drug-likeness (QED) is 0.892. The normalized spacial score (nSPS) is 11.2. The number of aromatic nitrogens is 2. The van der Waals surface area contributed by atoms with Crippen molar-refractivity contribution in [3.8, 4) is 0 Å². The molecular weight excluding hydrogens is 309 g/mol. The minimum absolute atomic E-state index is 0.0229. The largest absolute Gasteiger partial charge is 0.417 e. The highest BCUT2D eigenvalue weighted by molar-refractivity contribution is 6.31. The molecule has 2 aromatic rings. The lowest BCUT2D eigenvalue weighted by Crippen LogP contribution is -2.15. The fourth-order valence-electron chi connectivity index (χ4n) is 1.51. The van der Waals surface area contributed by atoms with Crippen LogP contribution in [0.25, 0.3) is 0 Å². The van der Waals surface area contributed by atoms with E-state index in [9.17, 15) is 18.0 Å². The molecule has 21 heavy (non-hydrogen) atoms. The molecule has 5 nitrogen and oxygen atoms in total. The van der Waals surface area contributed by atoms with Gasteiger partial charge in [-0.3, -0.25) is 9.78 Å². The maximum absolute atomic E-state index is 12.7. The number of benzene rings is 1. The number of halogens is 4. The Bertz CT molecular complexity index is 690. The summed E-state index contributed by atoms with van der Waals surface area (Å²) in [5.41, 5.74) is 4.15. The van der Waals surface area contributed by atoms with Gasteiger partial charge in [0, 0.05) is 5.69 Å². The van der Waals surface area contributed by atoms with E-state index >= 15 is 0 Å². The molecule has 0 unspecified atom stereocenters. The van der Waals surface area contributed by atoms with Crippen LogP contribution in [0.15, 0.2) is 30.6 Å². The molecule has 0 aliphatic carbocycles.